The minimum absolute atomic E-state index is 0.00858. The average molecular weight is 2060 g/mol. The number of aliphatic hydroxyl groups excluding tert-OH is 2. The maximum absolute atomic E-state index is 12.6. The molecule has 15 aromatic rings. The number of non-ortho nitro benzene ring substituents is 3. The number of benzene rings is 8. The number of H-pyrrole nitrogens is 7. The van der Waals surface area contributed by atoms with Gasteiger partial charge in [0, 0.05) is 168 Å². The fraction of sp³-hybridized carbons (Fsp3) is 0.250. The molecule has 7 aromatic heterocycles. The number of anilines is 3. The summed E-state index contributed by atoms with van der Waals surface area (Å²) in [5.74, 6) is 0.577. The molecule has 0 saturated carbocycles. The van der Waals surface area contributed by atoms with Gasteiger partial charge in [-0.2, -0.15) is 0 Å². The first kappa shape index (κ1) is 115. The summed E-state index contributed by atoms with van der Waals surface area (Å²) in [7, 11) is 0. The second kappa shape index (κ2) is 52.0. The number of ketones is 2. The zero-order chi connectivity index (χ0) is 111. The molecule has 0 spiro atoms. The van der Waals surface area contributed by atoms with Crippen molar-refractivity contribution in [3.05, 3.63) is 488 Å². The molecule has 2 atom stereocenters. The van der Waals surface area contributed by atoms with Crippen LogP contribution in [0.4, 0.5) is 34.1 Å². The number of nitrogens with two attached hydrogens (primary N) is 3. The number of nitrogens with zero attached hydrogens (tertiary/aromatic N) is 10. The van der Waals surface area contributed by atoms with Crippen LogP contribution in [0.2, 0.25) is 0 Å². The van der Waals surface area contributed by atoms with Gasteiger partial charge in [-0.1, -0.05) is 66.7 Å². The quantitative estimate of drug-likeness (QED) is 0.00990. The first-order valence-corrected chi connectivity index (χ1v) is 46.7. The Morgan fingerprint density at radius 3 is 0.927 bits per heavy atom. The number of nitro benzene ring substituents is 3. The molecule has 0 bridgehead atoms. The molecule has 7 heterocycles. The maximum atomic E-state index is 12.6. The van der Waals surface area contributed by atoms with Gasteiger partial charge in [0.1, 0.15) is 41.7 Å². The molecule has 0 amide bonds. The smallest absolute Gasteiger partial charge is 0.331 e. The summed E-state index contributed by atoms with van der Waals surface area (Å²) < 4.78 is 21.1. The second-order valence-electron chi connectivity index (χ2n) is 33.3. The second-order valence-corrected chi connectivity index (χ2v) is 33.3. The van der Waals surface area contributed by atoms with Crippen LogP contribution in [0.1, 0.15) is 182 Å². The number of hydrogen-bond acceptors (Lipinski definition) is 29. The van der Waals surface area contributed by atoms with Gasteiger partial charge in [-0.15, -0.1) is 0 Å². The van der Waals surface area contributed by atoms with Crippen molar-refractivity contribution in [2.45, 2.75) is 174 Å². The Balaban J connectivity index is 0.000000195. The van der Waals surface area contributed by atoms with E-state index in [0.29, 0.717) is 131 Å². The van der Waals surface area contributed by atoms with Crippen molar-refractivity contribution < 1.29 is 44.0 Å². The molecule has 0 fully saturated rings. The summed E-state index contributed by atoms with van der Waals surface area (Å²) in [6.45, 7) is 26.5. The summed E-state index contributed by atoms with van der Waals surface area (Å²) >= 11 is 0. The third-order valence-electron chi connectivity index (χ3n) is 23.8. The van der Waals surface area contributed by atoms with E-state index in [2.05, 4.69) is 34.9 Å². The van der Waals surface area contributed by atoms with Crippen molar-refractivity contribution in [1.82, 2.24) is 66.9 Å². The Hall–Kier alpha value is -19.0. The number of aromatic amines is 7. The summed E-state index contributed by atoms with van der Waals surface area (Å²) in [4.78, 5) is 236. The monoisotopic (exact) mass is 2060 g/mol. The molecular formula is C104H112N20O26. The Bertz CT molecular complexity index is 8400. The van der Waals surface area contributed by atoms with Crippen molar-refractivity contribution in [2.24, 2.45) is 0 Å². The molecule has 8 aromatic carbocycles. The van der Waals surface area contributed by atoms with Gasteiger partial charge in [0.2, 0.25) is 17.4 Å². The highest BCUT2D eigenvalue weighted by molar-refractivity contribution is 6.09. The minimum atomic E-state index is -1.23. The lowest BCUT2D eigenvalue weighted by atomic mass is 10.0. The molecule has 15 N–H and O–H groups in total. The third-order valence-corrected chi connectivity index (χ3v) is 23.8. The normalized spacial score (nSPS) is 11.0. The van der Waals surface area contributed by atoms with E-state index in [1.54, 1.807) is 145 Å². The van der Waals surface area contributed by atoms with Crippen LogP contribution in [-0.2, 0) is 65.3 Å². The van der Waals surface area contributed by atoms with E-state index in [4.69, 9.17) is 26.7 Å². The Kier molecular flexibility index (Phi) is 39.7. The topological polar surface area (TPSA) is 685 Å². The van der Waals surface area contributed by atoms with Crippen LogP contribution < -0.4 is 105 Å². The SMILES string of the molecule is CCn1c(C(=O)c2ccc(N)cc2)c(C)c(=O)[nH]c1=O.CCn1c(C(=O)c2ccc([N+](=O)[O-])cc2)c(C)c(=O)[nH]c1=O.CCn1c(C(O)c2ccc(N)cc2)c(C)c(=O)[nH]c1=O.CCn1c(C(O)c2ccc([N+](=O)[O-])cc2)c(C)c(=O)[nH]c1=O.CCn1c(Cc2ccc(N)cc2)c(C)c(=O)[nH]c1=O.CCn1c(Cc2ccc([N+](=O)[O-])cc2)c(C)c(=O)[nH]c1=O.CCn1c(Oc2ccc(OCc3ccccc3)cc2)c(C)c(=O)[nH]c1=O. The van der Waals surface area contributed by atoms with Crippen LogP contribution in [-0.4, -0.2) is 103 Å². The summed E-state index contributed by atoms with van der Waals surface area (Å²) in [5, 5.41) is 52.9. The average Bonchev–Trinajstić information content (AvgIpc) is 0.825. The highest BCUT2D eigenvalue weighted by Gasteiger charge is 2.27. The first-order chi connectivity index (χ1) is 71.2. The molecule has 0 aliphatic carbocycles. The lowest BCUT2D eigenvalue weighted by Crippen LogP contribution is -2.36. The zero-order valence-corrected chi connectivity index (χ0v) is 84.2. The van der Waals surface area contributed by atoms with E-state index >= 15 is 0 Å². The number of nitrogens with one attached hydrogen (secondary N) is 7. The van der Waals surface area contributed by atoms with Crippen LogP contribution in [0, 0.1) is 78.8 Å². The fourth-order valence-electron chi connectivity index (χ4n) is 15.5. The van der Waals surface area contributed by atoms with Gasteiger partial charge in [-0.25, -0.2) is 33.6 Å². The van der Waals surface area contributed by atoms with Crippen molar-refractivity contribution in [3.63, 3.8) is 0 Å². The molecule has 46 heteroatoms. The number of ether oxygens (including phenoxy) is 2. The number of carbonyl (C=O) groups excluding carboxylic acids is 2. The standard InChI is InChI=1S/C20H20N2O4.C14H15N3O5.C14H13N3O5.C14H15N3O4.C14H17N3O3.C14H15N3O3.C14H17N3O2/c1-3-22-19(14(2)18(23)21-20(22)24)26-17-11-9-16(10-12-17)25-13-15-7-5-4-6-8-15;2*1-3-16-11(8(2)13(19)15-14(16)20)12(18)9-4-6-10(7-5-9)17(21)22;1-3-16-12(9(2)13(18)15-14(16)19)8-10-4-6-11(7-5-10)17(20)21;2*1-3-17-11(8(2)13(19)16-14(17)20)12(18)9-4-6-10(15)7-5-9;1-3-17-12(9(2)13(18)16-14(17)19)8-10-4-6-11(15)7-5-10/h4-12H,3,13H2,1-2H3,(H,21,23,24);4-7,12,18H,3H2,1-2H3,(H,15,19,20);4-7H,3H2,1-2H3,(H,15,19,20);4-7H,3,8H2,1-2H3,(H,15,18,19);4-7,12,18H,3,15H2,1-2H3,(H,16,19,20);4-7H,3,15H2,1-2H3,(H,16,19,20);4-7H,3,8,15H2,1-2H3,(H,16,18,19). The number of rotatable bonds is 27. The van der Waals surface area contributed by atoms with Gasteiger partial charge in [-0.3, -0.25) is 140 Å². The van der Waals surface area contributed by atoms with Crippen LogP contribution in [0.5, 0.6) is 17.4 Å². The molecule has 2 unspecified atom stereocenters. The lowest BCUT2D eigenvalue weighted by molar-refractivity contribution is -0.385. The van der Waals surface area contributed by atoms with Gasteiger partial charge in [0.15, 0.2) is 0 Å². The molecule has 46 nitrogen and oxygen atoms in total. The number of hydrogen-bond donors (Lipinski definition) is 12. The summed E-state index contributed by atoms with van der Waals surface area (Å²) in [5.41, 5.74) is 20.1. The number of aromatic nitrogens is 14. The van der Waals surface area contributed by atoms with E-state index in [-0.39, 0.29) is 92.4 Å². The minimum Gasteiger partial charge on any atom is -0.489 e. The van der Waals surface area contributed by atoms with E-state index in [9.17, 15) is 117 Å². The Labute approximate surface area is 849 Å². The largest absolute Gasteiger partial charge is 0.489 e. The molecule has 0 saturated heterocycles. The van der Waals surface area contributed by atoms with E-state index in [1.807, 2.05) is 75.4 Å². The van der Waals surface area contributed by atoms with Gasteiger partial charge in [-0.05, 0) is 222 Å². The number of carbonyl (C=O) groups is 2. The van der Waals surface area contributed by atoms with Gasteiger partial charge in [0.25, 0.3) is 56.0 Å². The van der Waals surface area contributed by atoms with Crippen LogP contribution in [0.25, 0.3) is 0 Å². The first-order valence-electron chi connectivity index (χ1n) is 46.7. The van der Waals surface area contributed by atoms with E-state index in [0.717, 1.165) is 22.4 Å². The van der Waals surface area contributed by atoms with Crippen molar-refractivity contribution in [1.29, 1.82) is 0 Å². The third kappa shape index (κ3) is 28.1. The highest BCUT2D eigenvalue weighted by Crippen LogP contribution is 2.29. The number of nitrogen functional groups attached to an aromatic ring is 3. The van der Waals surface area contributed by atoms with Crippen molar-refractivity contribution in [2.75, 3.05) is 17.2 Å². The Morgan fingerprint density at radius 2 is 0.580 bits per heavy atom. The molecule has 0 aliphatic rings. The molecule has 15 rings (SSSR count). The predicted octanol–water partition coefficient (Wildman–Crippen LogP) is 8.70. The molecular weight excluding hydrogens is 1950 g/mol. The predicted molar refractivity (Wildman–Crippen MR) is 562 cm³/mol. The van der Waals surface area contributed by atoms with Gasteiger partial charge in [0.05, 0.1) is 31.7 Å². The van der Waals surface area contributed by atoms with Gasteiger partial charge < -0.3 is 36.9 Å². The van der Waals surface area contributed by atoms with E-state index < -0.39 is 100 Å². The number of nitro groups is 3. The summed E-state index contributed by atoms with van der Waals surface area (Å²) in [6, 6.07) is 53.8. The molecule has 0 aliphatic heterocycles. The number of aliphatic hydroxyl groups is 2. The van der Waals surface area contributed by atoms with Crippen LogP contribution in [0.15, 0.2) is 267 Å². The summed E-state index contributed by atoms with van der Waals surface area (Å²) in [6.07, 6.45) is -1.36. The van der Waals surface area contributed by atoms with Crippen molar-refractivity contribution in [3.8, 4) is 17.4 Å². The van der Waals surface area contributed by atoms with E-state index in [1.165, 1.54) is 109 Å². The lowest BCUT2D eigenvalue weighted by Gasteiger charge is -2.18. The maximum Gasteiger partial charge on any atom is 0.331 e. The molecule has 784 valence electrons. The molecule has 0 radical (unpaired) electrons. The van der Waals surface area contributed by atoms with Crippen LogP contribution >= 0.6 is 0 Å². The van der Waals surface area contributed by atoms with Crippen molar-refractivity contribution >= 4 is 45.7 Å². The highest BCUT2D eigenvalue weighted by atomic mass is 16.6. The zero-order valence-electron chi connectivity index (χ0n) is 84.2. The fourth-order valence-corrected chi connectivity index (χ4v) is 15.5. The molecule has 150 heavy (non-hydrogen) atoms. The van der Waals surface area contributed by atoms with Crippen LogP contribution in [0.3, 0.4) is 0 Å². The van der Waals surface area contributed by atoms with Gasteiger partial charge >= 0.3 is 39.8 Å². The Morgan fingerprint density at radius 1 is 0.313 bits per heavy atom.